The van der Waals surface area contributed by atoms with E-state index in [0.29, 0.717) is 31.5 Å². The smallest absolute Gasteiger partial charge is 0.305 e. The average Bonchev–Trinajstić information content (AvgIpc) is 2.69. The Morgan fingerprint density at radius 2 is 1.86 bits per heavy atom. The summed E-state index contributed by atoms with van der Waals surface area (Å²) in [6.45, 7) is 2.91. The van der Waals surface area contributed by atoms with Crippen LogP contribution in [0.15, 0.2) is 48.5 Å². The Labute approximate surface area is 165 Å². The second kappa shape index (κ2) is 11.4. The van der Waals surface area contributed by atoms with E-state index in [-0.39, 0.29) is 24.9 Å². The molecular weight excluding hydrogens is 361 g/mol. The van der Waals surface area contributed by atoms with Crippen molar-refractivity contribution in [2.75, 3.05) is 20.3 Å². The quantitative estimate of drug-likeness (QED) is 0.596. The van der Waals surface area contributed by atoms with Gasteiger partial charge in [0, 0.05) is 31.6 Å². The molecule has 2 rings (SSSR count). The Hall–Kier alpha value is -2.44. The van der Waals surface area contributed by atoms with E-state index in [1.54, 1.807) is 25.3 Å². The van der Waals surface area contributed by atoms with Gasteiger partial charge in [0.25, 0.3) is 0 Å². The molecule has 0 fully saturated rings. The van der Waals surface area contributed by atoms with Gasteiger partial charge in [-0.25, -0.2) is 4.39 Å². The lowest BCUT2D eigenvalue weighted by atomic mass is 10.1. The SMILES string of the molecule is CCCC(=O)OCC(O)CN(Cc1ccc(OC)cc1)Cc1ccccc1F. The maximum Gasteiger partial charge on any atom is 0.305 e. The maximum absolute atomic E-state index is 14.1. The predicted molar refractivity (Wildman–Crippen MR) is 105 cm³/mol. The number of halogens is 1. The summed E-state index contributed by atoms with van der Waals surface area (Å²) in [7, 11) is 1.61. The Morgan fingerprint density at radius 1 is 1.14 bits per heavy atom. The third-order valence-electron chi connectivity index (χ3n) is 4.28. The van der Waals surface area contributed by atoms with E-state index in [1.165, 1.54) is 6.07 Å². The number of hydrogen-bond acceptors (Lipinski definition) is 5. The number of hydrogen-bond donors (Lipinski definition) is 1. The molecule has 0 bridgehead atoms. The first-order chi connectivity index (χ1) is 13.5. The van der Waals surface area contributed by atoms with E-state index in [2.05, 4.69) is 0 Å². The van der Waals surface area contributed by atoms with Crippen molar-refractivity contribution in [3.8, 4) is 5.75 Å². The van der Waals surface area contributed by atoms with Crippen LogP contribution in [-0.2, 0) is 22.6 Å². The molecule has 0 spiro atoms. The summed E-state index contributed by atoms with van der Waals surface area (Å²) < 4.78 is 24.4. The molecule has 0 amide bonds. The number of rotatable bonds is 11. The highest BCUT2D eigenvalue weighted by Crippen LogP contribution is 2.16. The van der Waals surface area contributed by atoms with Gasteiger partial charge in [-0.3, -0.25) is 9.69 Å². The van der Waals surface area contributed by atoms with Crippen molar-refractivity contribution in [2.24, 2.45) is 0 Å². The molecule has 0 saturated carbocycles. The lowest BCUT2D eigenvalue weighted by Gasteiger charge is -2.25. The molecule has 1 unspecified atom stereocenters. The topological polar surface area (TPSA) is 59.0 Å². The zero-order valence-electron chi connectivity index (χ0n) is 16.4. The van der Waals surface area contributed by atoms with Crippen LogP contribution in [0.3, 0.4) is 0 Å². The van der Waals surface area contributed by atoms with Gasteiger partial charge in [0.05, 0.1) is 7.11 Å². The van der Waals surface area contributed by atoms with E-state index in [9.17, 15) is 14.3 Å². The lowest BCUT2D eigenvalue weighted by molar-refractivity contribution is -0.147. The van der Waals surface area contributed by atoms with Crippen LogP contribution < -0.4 is 4.74 Å². The molecule has 0 saturated heterocycles. The van der Waals surface area contributed by atoms with Crippen LogP contribution in [0.4, 0.5) is 4.39 Å². The monoisotopic (exact) mass is 389 g/mol. The fourth-order valence-electron chi connectivity index (χ4n) is 2.86. The first kappa shape index (κ1) is 21.9. The minimum atomic E-state index is -0.856. The fraction of sp³-hybridized carbons (Fsp3) is 0.409. The van der Waals surface area contributed by atoms with Crippen molar-refractivity contribution < 1.29 is 23.8 Å². The van der Waals surface area contributed by atoms with Gasteiger partial charge in [-0.1, -0.05) is 37.3 Å². The highest BCUT2D eigenvalue weighted by Gasteiger charge is 2.16. The molecule has 1 N–H and O–H groups in total. The third kappa shape index (κ3) is 7.29. The second-order valence-electron chi connectivity index (χ2n) is 6.70. The van der Waals surface area contributed by atoms with E-state index < -0.39 is 6.10 Å². The maximum atomic E-state index is 14.1. The van der Waals surface area contributed by atoms with Gasteiger partial charge < -0.3 is 14.6 Å². The Morgan fingerprint density at radius 3 is 2.50 bits per heavy atom. The molecule has 0 aliphatic heterocycles. The van der Waals surface area contributed by atoms with Crippen LogP contribution >= 0.6 is 0 Å². The van der Waals surface area contributed by atoms with Gasteiger partial charge in [-0.2, -0.15) is 0 Å². The van der Waals surface area contributed by atoms with E-state index >= 15 is 0 Å². The zero-order chi connectivity index (χ0) is 20.4. The average molecular weight is 389 g/mol. The minimum Gasteiger partial charge on any atom is -0.497 e. The molecule has 0 radical (unpaired) electrons. The molecule has 0 aliphatic rings. The molecule has 0 aliphatic carbocycles. The van der Waals surface area contributed by atoms with Gasteiger partial charge in [0.15, 0.2) is 0 Å². The summed E-state index contributed by atoms with van der Waals surface area (Å²) in [6, 6.07) is 14.2. The highest BCUT2D eigenvalue weighted by molar-refractivity contribution is 5.69. The first-order valence-electron chi connectivity index (χ1n) is 9.44. The molecule has 0 aromatic heterocycles. The van der Waals surface area contributed by atoms with Gasteiger partial charge in [-0.05, 0) is 30.2 Å². The van der Waals surface area contributed by atoms with Crippen molar-refractivity contribution in [1.82, 2.24) is 4.90 Å². The van der Waals surface area contributed by atoms with Crippen LogP contribution in [0, 0.1) is 5.82 Å². The van der Waals surface area contributed by atoms with Gasteiger partial charge in [-0.15, -0.1) is 0 Å². The molecule has 6 heteroatoms. The number of carbonyl (C=O) groups is 1. The molecule has 0 heterocycles. The van der Waals surface area contributed by atoms with Crippen LogP contribution in [0.1, 0.15) is 30.9 Å². The van der Waals surface area contributed by atoms with E-state index in [0.717, 1.165) is 11.3 Å². The Balaban J connectivity index is 2.04. The number of nitrogens with zero attached hydrogens (tertiary/aromatic N) is 1. The fourth-order valence-corrected chi connectivity index (χ4v) is 2.86. The first-order valence-corrected chi connectivity index (χ1v) is 9.44. The van der Waals surface area contributed by atoms with Gasteiger partial charge in [0.2, 0.25) is 0 Å². The van der Waals surface area contributed by atoms with Crippen molar-refractivity contribution in [3.63, 3.8) is 0 Å². The van der Waals surface area contributed by atoms with Crippen LogP contribution in [0.25, 0.3) is 0 Å². The molecule has 28 heavy (non-hydrogen) atoms. The molecule has 1 atom stereocenters. The third-order valence-corrected chi connectivity index (χ3v) is 4.28. The number of aliphatic hydroxyl groups excluding tert-OH is 1. The number of methoxy groups -OCH3 is 1. The zero-order valence-corrected chi connectivity index (χ0v) is 16.4. The summed E-state index contributed by atoms with van der Waals surface area (Å²) in [5.74, 6) is 0.149. The summed E-state index contributed by atoms with van der Waals surface area (Å²) in [5.41, 5.74) is 1.55. The highest BCUT2D eigenvalue weighted by atomic mass is 19.1. The number of esters is 1. The largest absolute Gasteiger partial charge is 0.497 e. The summed E-state index contributed by atoms with van der Waals surface area (Å²) in [4.78, 5) is 13.4. The van der Waals surface area contributed by atoms with Crippen molar-refractivity contribution >= 4 is 5.97 Å². The van der Waals surface area contributed by atoms with Crippen LogP contribution in [0.2, 0.25) is 0 Å². The minimum absolute atomic E-state index is 0.0742. The number of benzene rings is 2. The van der Waals surface area contributed by atoms with Gasteiger partial charge in [0.1, 0.15) is 24.3 Å². The summed E-state index contributed by atoms with van der Waals surface area (Å²) in [6.07, 6.45) is 0.175. The summed E-state index contributed by atoms with van der Waals surface area (Å²) in [5, 5.41) is 10.3. The van der Waals surface area contributed by atoms with Crippen molar-refractivity contribution in [1.29, 1.82) is 0 Å². The number of carbonyl (C=O) groups excluding carboxylic acids is 1. The summed E-state index contributed by atoms with van der Waals surface area (Å²) >= 11 is 0. The molecule has 152 valence electrons. The van der Waals surface area contributed by atoms with Gasteiger partial charge >= 0.3 is 5.97 Å². The predicted octanol–water partition coefficient (Wildman–Crippen LogP) is 3.54. The van der Waals surface area contributed by atoms with Crippen LogP contribution in [0.5, 0.6) is 5.75 Å². The number of aliphatic hydroxyl groups is 1. The molecule has 2 aromatic carbocycles. The van der Waals surface area contributed by atoms with E-state index in [1.807, 2.05) is 36.1 Å². The van der Waals surface area contributed by atoms with Crippen molar-refractivity contribution in [3.05, 3.63) is 65.5 Å². The lowest BCUT2D eigenvalue weighted by Crippen LogP contribution is -2.35. The normalized spacial score (nSPS) is 12.0. The molecular formula is C22H28FNO4. The standard InChI is InChI=1S/C22H28FNO4/c1-3-6-22(26)28-16-19(25)15-24(14-18-7-4-5-8-21(18)23)13-17-9-11-20(27-2)12-10-17/h4-5,7-12,19,25H,3,6,13-16H2,1-2H3. The second-order valence-corrected chi connectivity index (χ2v) is 6.70. The molecule has 5 nitrogen and oxygen atoms in total. The van der Waals surface area contributed by atoms with Crippen molar-refractivity contribution in [2.45, 2.75) is 39.0 Å². The Kier molecular flexibility index (Phi) is 8.91. The molecule has 2 aromatic rings. The Bertz CT molecular complexity index is 736. The number of ether oxygens (including phenoxy) is 2. The van der Waals surface area contributed by atoms with E-state index in [4.69, 9.17) is 9.47 Å². The van der Waals surface area contributed by atoms with Crippen LogP contribution in [-0.4, -0.2) is 42.3 Å².